The van der Waals surface area contributed by atoms with Gasteiger partial charge in [0.25, 0.3) is 5.56 Å². The number of halogens is 1. The van der Waals surface area contributed by atoms with Gasteiger partial charge in [0.2, 0.25) is 11.9 Å². The van der Waals surface area contributed by atoms with E-state index in [4.69, 9.17) is 11.6 Å². The van der Waals surface area contributed by atoms with Crippen molar-refractivity contribution < 1.29 is 0 Å². The first-order valence-electron chi connectivity index (χ1n) is 9.67. The maximum absolute atomic E-state index is 12.7. The highest BCUT2D eigenvalue weighted by atomic mass is 35.5. The molecule has 0 spiro atoms. The van der Waals surface area contributed by atoms with E-state index in [-0.39, 0.29) is 5.56 Å². The van der Waals surface area contributed by atoms with Crippen LogP contribution >= 0.6 is 11.6 Å². The third-order valence-electron chi connectivity index (χ3n) is 5.25. The second-order valence-electron chi connectivity index (χ2n) is 7.49. The van der Waals surface area contributed by atoms with E-state index in [0.717, 1.165) is 22.2 Å². The van der Waals surface area contributed by atoms with Crippen LogP contribution in [0.5, 0.6) is 0 Å². The highest BCUT2D eigenvalue weighted by Gasteiger charge is 2.12. The van der Waals surface area contributed by atoms with Crippen LogP contribution < -0.4 is 10.9 Å². The summed E-state index contributed by atoms with van der Waals surface area (Å²) < 4.78 is 0. The van der Waals surface area contributed by atoms with Crippen LogP contribution in [-0.2, 0) is 6.42 Å². The molecule has 0 radical (unpaired) electrons. The minimum Gasteiger partial charge on any atom is -0.294 e. The molecule has 0 atom stereocenters. The van der Waals surface area contributed by atoms with Crippen molar-refractivity contribution in [2.24, 2.45) is 0 Å². The number of aromatic nitrogens is 4. The van der Waals surface area contributed by atoms with Gasteiger partial charge in [0.15, 0.2) is 0 Å². The van der Waals surface area contributed by atoms with Gasteiger partial charge in [-0.05, 0) is 68.7 Å². The van der Waals surface area contributed by atoms with E-state index in [2.05, 4.69) is 45.2 Å². The molecular formula is C23H22ClN5O. The minimum atomic E-state index is -0.191. The molecule has 0 amide bonds. The number of aromatic amines is 1. The average Bonchev–Trinajstić information content (AvgIpc) is 2.68. The molecule has 2 heterocycles. The molecule has 0 aliphatic carbocycles. The number of benzene rings is 2. The van der Waals surface area contributed by atoms with E-state index in [0.29, 0.717) is 34.6 Å². The van der Waals surface area contributed by atoms with Gasteiger partial charge in [0.1, 0.15) is 0 Å². The van der Waals surface area contributed by atoms with Crippen molar-refractivity contribution in [1.29, 1.82) is 0 Å². The molecule has 2 aromatic carbocycles. The van der Waals surface area contributed by atoms with Crippen molar-refractivity contribution in [3.63, 3.8) is 0 Å². The lowest BCUT2D eigenvalue weighted by Crippen LogP contribution is -2.19. The molecule has 0 unspecified atom stereocenters. The van der Waals surface area contributed by atoms with Crippen LogP contribution in [0.4, 0.5) is 11.9 Å². The first-order chi connectivity index (χ1) is 14.3. The second kappa shape index (κ2) is 7.88. The summed E-state index contributed by atoms with van der Waals surface area (Å²) in [6.45, 7) is 7.90. The number of aryl methyl sites for hydroxylation is 4. The smallest absolute Gasteiger partial charge is 0.256 e. The number of nitrogens with one attached hydrogen (secondary N) is 2. The highest BCUT2D eigenvalue weighted by Crippen LogP contribution is 2.22. The van der Waals surface area contributed by atoms with Crippen molar-refractivity contribution >= 4 is 34.4 Å². The fraction of sp³-hybridized carbons (Fsp3) is 0.217. The first kappa shape index (κ1) is 20.0. The van der Waals surface area contributed by atoms with Crippen molar-refractivity contribution in [3.05, 3.63) is 85.4 Å². The van der Waals surface area contributed by atoms with Gasteiger partial charge in [0, 0.05) is 22.4 Å². The van der Waals surface area contributed by atoms with Crippen LogP contribution in [0.3, 0.4) is 0 Å². The Morgan fingerprint density at radius 3 is 2.33 bits per heavy atom. The zero-order valence-corrected chi connectivity index (χ0v) is 18.1. The maximum Gasteiger partial charge on any atom is 0.256 e. The molecule has 0 saturated heterocycles. The van der Waals surface area contributed by atoms with Gasteiger partial charge >= 0.3 is 0 Å². The predicted molar refractivity (Wildman–Crippen MR) is 121 cm³/mol. The molecule has 0 fully saturated rings. The monoisotopic (exact) mass is 419 g/mol. The van der Waals surface area contributed by atoms with Crippen molar-refractivity contribution in [3.8, 4) is 0 Å². The summed E-state index contributed by atoms with van der Waals surface area (Å²) >= 11 is 5.94. The third kappa shape index (κ3) is 4.04. The minimum absolute atomic E-state index is 0.191. The predicted octanol–water partition coefficient (Wildman–Crippen LogP) is 4.93. The molecular weight excluding hydrogens is 398 g/mol. The zero-order valence-electron chi connectivity index (χ0n) is 17.3. The van der Waals surface area contributed by atoms with Gasteiger partial charge in [-0.1, -0.05) is 23.7 Å². The quantitative estimate of drug-likeness (QED) is 0.489. The Balaban J connectivity index is 1.64. The van der Waals surface area contributed by atoms with Crippen LogP contribution in [0.15, 0.2) is 41.2 Å². The van der Waals surface area contributed by atoms with E-state index >= 15 is 0 Å². The number of fused-ring (bicyclic) bond motifs is 1. The van der Waals surface area contributed by atoms with Gasteiger partial charge in [-0.3, -0.25) is 15.1 Å². The van der Waals surface area contributed by atoms with E-state index in [1.165, 1.54) is 11.1 Å². The lowest BCUT2D eigenvalue weighted by atomic mass is 10.1. The Morgan fingerprint density at radius 1 is 0.933 bits per heavy atom. The van der Waals surface area contributed by atoms with Crippen LogP contribution in [0, 0.1) is 27.7 Å². The van der Waals surface area contributed by atoms with Gasteiger partial charge in [-0.25, -0.2) is 15.0 Å². The topological polar surface area (TPSA) is 83.6 Å². The summed E-state index contributed by atoms with van der Waals surface area (Å²) in [7, 11) is 0. The fourth-order valence-electron chi connectivity index (χ4n) is 3.39. The normalized spacial score (nSPS) is 11.1. The Morgan fingerprint density at radius 2 is 1.63 bits per heavy atom. The summed E-state index contributed by atoms with van der Waals surface area (Å²) in [6.07, 6.45) is 0.482. The number of H-pyrrole nitrogens is 1. The Hall–Kier alpha value is -3.25. The number of anilines is 2. The number of hydrogen-bond donors (Lipinski definition) is 2. The van der Waals surface area contributed by atoms with Crippen molar-refractivity contribution in [2.45, 2.75) is 34.1 Å². The lowest BCUT2D eigenvalue weighted by Gasteiger charge is -2.11. The molecule has 30 heavy (non-hydrogen) atoms. The molecule has 2 aromatic heterocycles. The molecule has 6 nitrogen and oxygen atoms in total. The standard InChI is InChI=1S/C23H22ClN5O/c1-12-9-18-14(3)25-22(27-20(18)10-13(12)2)29-23-26-15(4)19(21(30)28-23)11-16-5-7-17(24)8-6-16/h5-10H,11H2,1-4H3,(H2,25,26,27,28,29,30). The molecule has 7 heteroatoms. The summed E-state index contributed by atoms with van der Waals surface area (Å²) in [5, 5.41) is 4.72. The largest absolute Gasteiger partial charge is 0.294 e. The fourth-order valence-corrected chi connectivity index (χ4v) is 3.51. The molecule has 4 rings (SSSR count). The van der Waals surface area contributed by atoms with Crippen molar-refractivity contribution in [1.82, 2.24) is 19.9 Å². The van der Waals surface area contributed by atoms with E-state index in [9.17, 15) is 4.79 Å². The van der Waals surface area contributed by atoms with E-state index in [1.807, 2.05) is 44.2 Å². The SMILES string of the molecule is Cc1cc2nc(Nc3nc(C)c(Cc4ccc(Cl)cc4)c(=O)[nH]3)nc(C)c2cc1C. The molecule has 152 valence electrons. The molecule has 4 aromatic rings. The molecule has 2 N–H and O–H groups in total. The Bertz CT molecular complexity index is 1310. The van der Waals surface area contributed by atoms with Crippen LogP contribution in [0.2, 0.25) is 5.02 Å². The van der Waals surface area contributed by atoms with Gasteiger partial charge < -0.3 is 0 Å². The lowest BCUT2D eigenvalue weighted by molar-refractivity contribution is 0.978. The molecule has 0 saturated carbocycles. The van der Waals surface area contributed by atoms with E-state index in [1.54, 1.807) is 0 Å². The Kier molecular flexibility index (Phi) is 5.26. The molecule has 0 aliphatic rings. The number of nitrogens with zero attached hydrogens (tertiary/aromatic N) is 3. The average molecular weight is 420 g/mol. The number of hydrogen-bond acceptors (Lipinski definition) is 5. The first-order valence-corrected chi connectivity index (χ1v) is 10.0. The maximum atomic E-state index is 12.7. The van der Waals surface area contributed by atoms with Crippen LogP contribution in [0.25, 0.3) is 10.9 Å². The van der Waals surface area contributed by atoms with Crippen molar-refractivity contribution in [2.75, 3.05) is 5.32 Å². The van der Waals surface area contributed by atoms with Gasteiger partial charge in [-0.15, -0.1) is 0 Å². The summed E-state index contributed by atoms with van der Waals surface area (Å²) in [4.78, 5) is 29.1. The highest BCUT2D eigenvalue weighted by molar-refractivity contribution is 6.30. The molecule has 0 bridgehead atoms. The van der Waals surface area contributed by atoms with Gasteiger partial charge in [-0.2, -0.15) is 0 Å². The van der Waals surface area contributed by atoms with Crippen LogP contribution in [-0.4, -0.2) is 19.9 Å². The second-order valence-corrected chi connectivity index (χ2v) is 7.93. The summed E-state index contributed by atoms with van der Waals surface area (Å²) in [5.74, 6) is 0.719. The van der Waals surface area contributed by atoms with Crippen LogP contribution in [0.1, 0.15) is 33.6 Å². The van der Waals surface area contributed by atoms with Gasteiger partial charge in [0.05, 0.1) is 16.9 Å². The summed E-state index contributed by atoms with van der Waals surface area (Å²) in [6, 6.07) is 11.6. The summed E-state index contributed by atoms with van der Waals surface area (Å²) in [5.41, 5.74) is 6.16. The molecule has 0 aliphatic heterocycles. The Labute approximate surface area is 179 Å². The van der Waals surface area contributed by atoms with E-state index < -0.39 is 0 Å². The third-order valence-corrected chi connectivity index (χ3v) is 5.50. The zero-order chi connectivity index (χ0) is 21.4. The number of rotatable bonds is 4.